The Morgan fingerprint density at radius 2 is 1.41 bits per heavy atom. The van der Waals surface area contributed by atoms with Gasteiger partial charge >= 0.3 is 0 Å². The summed E-state index contributed by atoms with van der Waals surface area (Å²) in [7, 11) is 1.68. The van der Waals surface area contributed by atoms with E-state index in [4.69, 9.17) is 24.1 Å². The molecule has 6 rings (SSSR count). The van der Waals surface area contributed by atoms with Gasteiger partial charge in [-0.1, -0.05) is 18.2 Å². The fourth-order valence-electron chi connectivity index (χ4n) is 5.02. The lowest BCUT2D eigenvalue weighted by atomic mass is 10.1. The fraction of sp³-hybridized carbons (Fsp3) is 0.423. The van der Waals surface area contributed by atoms with Crippen LogP contribution < -0.4 is 19.9 Å². The number of methoxy groups -OCH3 is 1. The number of anilines is 4. The van der Waals surface area contributed by atoms with E-state index in [0.29, 0.717) is 5.95 Å². The van der Waals surface area contributed by atoms with Crippen LogP contribution in [-0.4, -0.2) is 48.2 Å². The van der Waals surface area contributed by atoms with Crippen molar-refractivity contribution in [2.45, 2.75) is 38.5 Å². The summed E-state index contributed by atoms with van der Waals surface area (Å²) < 4.78 is 11.8. The number of benzene rings is 2. The summed E-state index contributed by atoms with van der Waals surface area (Å²) in [5.41, 5.74) is 2.43. The Morgan fingerprint density at radius 1 is 0.765 bits per heavy atom. The highest BCUT2D eigenvalue weighted by atomic mass is 16.5. The zero-order valence-corrected chi connectivity index (χ0v) is 19.6. The largest absolute Gasteiger partial charge is 0.495 e. The van der Waals surface area contributed by atoms with E-state index in [1.165, 1.54) is 38.5 Å². The van der Waals surface area contributed by atoms with Crippen LogP contribution in [0.25, 0.3) is 21.9 Å². The second-order valence-electron chi connectivity index (χ2n) is 9.13. The van der Waals surface area contributed by atoms with Gasteiger partial charge in [-0.2, -0.15) is 15.0 Å². The van der Waals surface area contributed by atoms with Crippen LogP contribution in [0.5, 0.6) is 5.75 Å². The molecule has 2 aromatic heterocycles. The van der Waals surface area contributed by atoms with E-state index in [0.717, 1.165) is 71.5 Å². The molecule has 2 saturated heterocycles. The van der Waals surface area contributed by atoms with Crippen LogP contribution in [0.4, 0.5) is 23.5 Å². The van der Waals surface area contributed by atoms with Crippen molar-refractivity contribution in [1.29, 1.82) is 0 Å². The molecule has 4 heterocycles. The summed E-state index contributed by atoms with van der Waals surface area (Å²) in [6, 6.07) is 12.0. The number of para-hydroxylation sites is 1. The Morgan fingerprint density at radius 3 is 2.06 bits per heavy atom. The number of nitrogens with one attached hydrogen (secondary N) is 1. The molecule has 0 atom stereocenters. The minimum absolute atomic E-state index is 0.532. The number of nitrogens with zero attached hydrogens (tertiary/aromatic N) is 5. The Hall–Kier alpha value is -3.55. The number of fused-ring (bicyclic) bond motifs is 3. The van der Waals surface area contributed by atoms with E-state index >= 15 is 0 Å². The lowest BCUT2D eigenvalue weighted by molar-refractivity contribution is 0.417. The molecule has 0 bridgehead atoms. The van der Waals surface area contributed by atoms with E-state index in [1.54, 1.807) is 7.11 Å². The lowest BCUT2D eigenvalue weighted by Gasteiger charge is -2.30. The third-order valence-corrected chi connectivity index (χ3v) is 6.83. The lowest BCUT2D eigenvalue weighted by Crippen LogP contribution is -2.34. The molecule has 2 aliphatic rings. The SMILES string of the molecule is COc1cc2c(cc1Nc1nc(N3CCCCC3)nc(N3CCCCC3)n1)oc1ccccc12. The molecule has 1 N–H and O–H groups in total. The Bertz CT molecular complexity index is 1270. The first-order chi connectivity index (χ1) is 16.8. The first kappa shape index (κ1) is 21.0. The quantitative estimate of drug-likeness (QED) is 0.420. The van der Waals surface area contributed by atoms with Gasteiger partial charge in [0.1, 0.15) is 16.9 Å². The molecule has 2 fully saturated rings. The molecule has 2 aliphatic heterocycles. The smallest absolute Gasteiger partial charge is 0.233 e. The molecule has 0 radical (unpaired) electrons. The molecule has 0 spiro atoms. The second-order valence-corrected chi connectivity index (χ2v) is 9.13. The summed E-state index contributed by atoms with van der Waals surface area (Å²) in [5, 5.41) is 5.51. The van der Waals surface area contributed by atoms with Crippen LogP contribution in [0.3, 0.4) is 0 Å². The summed E-state index contributed by atoms with van der Waals surface area (Å²) >= 11 is 0. The van der Waals surface area contributed by atoms with Gasteiger partial charge in [-0.25, -0.2) is 0 Å². The van der Waals surface area contributed by atoms with Gasteiger partial charge in [-0.05, 0) is 50.7 Å². The minimum atomic E-state index is 0.532. The van der Waals surface area contributed by atoms with Gasteiger partial charge in [0.15, 0.2) is 0 Å². The van der Waals surface area contributed by atoms with E-state index in [9.17, 15) is 0 Å². The first-order valence-corrected chi connectivity index (χ1v) is 12.3. The van der Waals surface area contributed by atoms with Crippen LogP contribution in [0, 0.1) is 0 Å². The van der Waals surface area contributed by atoms with Gasteiger partial charge in [0.05, 0.1) is 12.8 Å². The molecule has 4 aromatic rings. The van der Waals surface area contributed by atoms with Crippen LogP contribution >= 0.6 is 0 Å². The van der Waals surface area contributed by atoms with Crippen molar-refractivity contribution in [1.82, 2.24) is 15.0 Å². The molecule has 8 nitrogen and oxygen atoms in total. The number of piperidine rings is 2. The van der Waals surface area contributed by atoms with Crippen LogP contribution in [0.1, 0.15) is 38.5 Å². The highest BCUT2D eigenvalue weighted by molar-refractivity contribution is 6.06. The zero-order valence-electron chi connectivity index (χ0n) is 19.6. The van der Waals surface area contributed by atoms with Gasteiger partial charge < -0.3 is 24.3 Å². The predicted molar refractivity (Wildman–Crippen MR) is 136 cm³/mol. The van der Waals surface area contributed by atoms with Gasteiger partial charge in [-0.15, -0.1) is 0 Å². The second kappa shape index (κ2) is 9.00. The first-order valence-electron chi connectivity index (χ1n) is 12.3. The van der Waals surface area contributed by atoms with Crippen LogP contribution in [-0.2, 0) is 0 Å². The number of aromatic nitrogens is 3. The van der Waals surface area contributed by atoms with Gasteiger partial charge in [0.2, 0.25) is 17.8 Å². The average molecular weight is 459 g/mol. The summed E-state index contributed by atoms with van der Waals surface area (Å²) in [6.07, 6.45) is 7.21. The number of hydrogen-bond donors (Lipinski definition) is 1. The van der Waals surface area contributed by atoms with Crippen LogP contribution in [0.2, 0.25) is 0 Å². The normalized spacial score (nSPS) is 16.9. The molecule has 8 heteroatoms. The predicted octanol–water partition coefficient (Wildman–Crippen LogP) is 5.50. The molecule has 34 heavy (non-hydrogen) atoms. The third-order valence-electron chi connectivity index (χ3n) is 6.83. The highest BCUT2D eigenvalue weighted by Gasteiger charge is 2.21. The zero-order chi connectivity index (χ0) is 22.9. The van der Waals surface area contributed by atoms with Gasteiger partial charge in [0, 0.05) is 43.0 Å². The van der Waals surface area contributed by atoms with Crippen molar-refractivity contribution in [3.05, 3.63) is 36.4 Å². The molecule has 0 unspecified atom stereocenters. The van der Waals surface area contributed by atoms with Crippen molar-refractivity contribution < 1.29 is 9.15 Å². The summed E-state index contributed by atoms with van der Waals surface area (Å²) in [4.78, 5) is 19.1. The Balaban J connectivity index is 1.40. The monoisotopic (exact) mass is 458 g/mol. The maximum absolute atomic E-state index is 6.10. The molecular formula is C26H30N6O2. The highest BCUT2D eigenvalue weighted by Crippen LogP contribution is 2.37. The minimum Gasteiger partial charge on any atom is -0.495 e. The Kier molecular flexibility index (Phi) is 5.57. The molecule has 0 aliphatic carbocycles. The molecule has 2 aromatic carbocycles. The Labute approximate surface area is 198 Å². The maximum atomic E-state index is 6.10. The van der Waals surface area contributed by atoms with E-state index in [2.05, 4.69) is 21.2 Å². The van der Waals surface area contributed by atoms with Crippen molar-refractivity contribution in [3.63, 3.8) is 0 Å². The van der Waals surface area contributed by atoms with Crippen molar-refractivity contribution in [2.24, 2.45) is 0 Å². The summed E-state index contributed by atoms with van der Waals surface area (Å²) in [6.45, 7) is 3.93. The topological polar surface area (TPSA) is 79.5 Å². The van der Waals surface area contributed by atoms with E-state index in [1.807, 2.05) is 30.3 Å². The molecule has 0 amide bonds. The molecular weight excluding hydrogens is 428 g/mol. The number of ether oxygens (including phenoxy) is 1. The van der Waals surface area contributed by atoms with Gasteiger partial charge in [0.25, 0.3) is 0 Å². The van der Waals surface area contributed by atoms with Gasteiger partial charge in [-0.3, -0.25) is 0 Å². The standard InChI is InChI=1S/C26H30N6O2/c1-33-23-16-19-18-10-4-5-11-21(18)34-22(19)17-20(23)27-24-28-25(31-12-6-2-7-13-31)30-26(29-24)32-14-8-3-9-15-32/h4-5,10-11,16-17H,2-3,6-9,12-15H2,1H3,(H,27,28,29,30). The molecule has 0 saturated carbocycles. The average Bonchev–Trinajstić information content (AvgIpc) is 3.26. The number of furan rings is 1. The van der Waals surface area contributed by atoms with Crippen molar-refractivity contribution >= 4 is 45.5 Å². The number of rotatable bonds is 5. The molecule has 176 valence electrons. The van der Waals surface area contributed by atoms with E-state index in [-0.39, 0.29) is 0 Å². The third kappa shape index (κ3) is 3.97. The van der Waals surface area contributed by atoms with Crippen LogP contribution in [0.15, 0.2) is 40.8 Å². The maximum Gasteiger partial charge on any atom is 0.233 e. The van der Waals surface area contributed by atoms with E-state index < -0.39 is 0 Å². The van der Waals surface area contributed by atoms with Crippen molar-refractivity contribution in [3.8, 4) is 5.75 Å². The summed E-state index contributed by atoms with van der Waals surface area (Å²) in [5.74, 6) is 2.76. The van der Waals surface area contributed by atoms with Crippen molar-refractivity contribution in [2.75, 3.05) is 48.4 Å². The fourth-order valence-corrected chi connectivity index (χ4v) is 5.02. The number of hydrogen-bond acceptors (Lipinski definition) is 8.